The van der Waals surface area contributed by atoms with Crippen LogP contribution in [0.5, 0.6) is 0 Å². The minimum atomic E-state index is 1.13. The van der Waals surface area contributed by atoms with Crippen LogP contribution in [0.4, 0.5) is 17.1 Å². The van der Waals surface area contributed by atoms with Crippen LogP contribution in [0.2, 0.25) is 0 Å². The van der Waals surface area contributed by atoms with Gasteiger partial charge >= 0.3 is 0 Å². The minimum Gasteiger partial charge on any atom is -0.310 e. The highest BCUT2D eigenvalue weighted by molar-refractivity contribution is 7.26. The lowest BCUT2D eigenvalue weighted by Gasteiger charge is -2.28. The van der Waals surface area contributed by atoms with E-state index < -0.39 is 0 Å². The first kappa shape index (κ1) is 27.2. The van der Waals surface area contributed by atoms with E-state index in [1.807, 2.05) is 11.3 Å². The molecule has 0 bridgehead atoms. The Hall–Kier alpha value is -5.96. The summed E-state index contributed by atoms with van der Waals surface area (Å²) in [5.41, 5.74) is 5.89. The number of hydrogen-bond acceptors (Lipinski definition) is 2. The number of thiophene rings is 1. The molecule has 1 heterocycles. The molecule has 224 valence electrons. The van der Waals surface area contributed by atoms with Crippen molar-refractivity contribution in [2.75, 3.05) is 4.90 Å². The molecule has 9 aromatic carbocycles. The second kappa shape index (κ2) is 10.8. The third kappa shape index (κ3) is 4.24. The lowest BCUT2D eigenvalue weighted by atomic mass is 9.94. The SMILES string of the molecule is c1ccc(-c2ccc(N(c3ccc4c(c3)sc3ccc5ccccc5c34)c3cc4ccccc4c4ccc5ccccc5c34)cc2)cc1. The lowest BCUT2D eigenvalue weighted by molar-refractivity contribution is 1.31. The van der Waals surface area contributed by atoms with E-state index in [2.05, 4.69) is 181 Å². The van der Waals surface area contributed by atoms with Crippen LogP contribution in [0.25, 0.3) is 74.4 Å². The molecular weight excluding hydrogens is 599 g/mol. The Labute approximate surface area is 282 Å². The average Bonchev–Trinajstić information content (AvgIpc) is 3.54. The lowest BCUT2D eigenvalue weighted by Crippen LogP contribution is -2.10. The van der Waals surface area contributed by atoms with Gasteiger partial charge in [0.15, 0.2) is 0 Å². The molecule has 2 heteroatoms. The predicted octanol–water partition coefficient (Wildman–Crippen LogP) is 13.8. The Morgan fingerprint density at radius 2 is 0.917 bits per heavy atom. The van der Waals surface area contributed by atoms with E-state index in [1.54, 1.807) is 0 Å². The predicted molar refractivity (Wildman–Crippen MR) is 209 cm³/mol. The summed E-state index contributed by atoms with van der Waals surface area (Å²) in [6.45, 7) is 0. The summed E-state index contributed by atoms with van der Waals surface area (Å²) in [6, 6.07) is 64.5. The van der Waals surface area contributed by atoms with Gasteiger partial charge in [0.1, 0.15) is 0 Å². The molecule has 0 aliphatic rings. The van der Waals surface area contributed by atoms with Gasteiger partial charge < -0.3 is 4.90 Å². The molecule has 0 spiro atoms. The number of benzene rings is 9. The molecule has 0 aliphatic carbocycles. The van der Waals surface area contributed by atoms with Gasteiger partial charge in [0.05, 0.1) is 5.69 Å². The van der Waals surface area contributed by atoms with Crippen molar-refractivity contribution < 1.29 is 0 Å². The van der Waals surface area contributed by atoms with Gasteiger partial charge in [-0.2, -0.15) is 0 Å². The minimum absolute atomic E-state index is 1.13. The number of nitrogens with zero attached hydrogens (tertiary/aromatic N) is 1. The molecule has 0 saturated carbocycles. The maximum atomic E-state index is 2.47. The number of rotatable bonds is 4. The van der Waals surface area contributed by atoms with Crippen molar-refractivity contribution in [1.29, 1.82) is 0 Å². The van der Waals surface area contributed by atoms with Gasteiger partial charge in [-0.3, -0.25) is 0 Å². The quantitative estimate of drug-likeness (QED) is 0.176. The first-order chi connectivity index (χ1) is 23.8. The van der Waals surface area contributed by atoms with Crippen molar-refractivity contribution >= 4 is 91.7 Å². The molecule has 1 aromatic heterocycles. The summed E-state index contributed by atoms with van der Waals surface area (Å²) in [5, 5.41) is 12.8. The molecule has 1 nitrogen and oxygen atoms in total. The first-order valence-corrected chi connectivity index (χ1v) is 17.2. The number of fused-ring (bicyclic) bond motifs is 10. The summed E-state index contributed by atoms with van der Waals surface area (Å²) in [6.07, 6.45) is 0. The molecule has 10 aromatic rings. The van der Waals surface area contributed by atoms with E-state index in [-0.39, 0.29) is 0 Å². The van der Waals surface area contributed by atoms with Crippen molar-refractivity contribution in [3.8, 4) is 11.1 Å². The summed E-state index contributed by atoms with van der Waals surface area (Å²) in [7, 11) is 0. The fourth-order valence-electron chi connectivity index (χ4n) is 7.57. The van der Waals surface area contributed by atoms with Crippen LogP contribution in [-0.2, 0) is 0 Å². The van der Waals surface area contributed by atoms with E-state index in [1.165, 1.54) is 80.1 Å². The van der Waals surface area contributed by atoms with Gasteiger partial charge in [0.2, 0.25) is 0 Å². The smallest absolute Gasteiger partial charge is 0.0552 e. The summed E-state index contributed by atoms with van der Waals surface area (Å²) in [5.74, 6) is 0. The van der Waals surface area contributed by atoms with E-state index in [0.717, 1.165) is 11.4 Å². The molecule has 48 heavy (non-hydrogen) atoms. The standard InChI is InChI=1S/C46H29NS/c1-2-10-30(11-3-1)31-18-22-35(23-19-31)47(36-24-26-41-44(29-36)48-43-27-21-33-13-5-9-17-39(33)46(41)43)42-28-34-14-6-7-15-37(34)40-25-20-32-12-4-8-16-38(32)45(40)42/h1-29H. The highest BCUT2D eigenvalue weighted by Gasteiger charge is 2.20. The molecule has 0 radical (unpaired) electrons. The molecule has 0 unspecified atom stereocenters. The van der Waals surface area contributed by atoms with Gasteiger partial charge in [-0.25, -0.2) is 0 Å². The molecule has 0 amide bonds. The van der Waals surface area contributed by atoms with Crippen molar-refractivity contribution in [1.82, 2.24) is 0 Å². The summed E-state index contributed by atoms with van der Waals surface area (Å²) >= 11 is 1.88. The van der Waals surface area contributed by atoms with Gasteiger partial charge in [-0.1, -0.05) is 140 Å². The zero-order chi connectivity index (χ0) is 31.6. The maximum Gasteiger partial charge on any atom is 0.0552 e. The first-order valence-electron chi connectivity index (χ1n) is 16.4. The van der Waals surface area contributed by atoms with Crippen LogP contribution in [0.15, 0.2) is 176 Å². The van der Waals surface area contributed by atoms with Gasteiger partial charge in [0, 0.05) is 36.9 Å². The van der Waals surface area contributed by atoms with Crippen molar-refractivity contribution in [3.63, 3.8) is 0 Å². The van der Waals surface area contributed by atoms with Crippen molar-refractivity contribution in [3.05, 3.63) is 176 Å². The monoisotopic (exact) mass is 627 g/mol. The summed E-state index contributed by atoms with van der Waals surface area (Å²) < 4.78 is 2.61. The second-order valence-electron chi connectivity index (χ2n) is 12.5. The van der Waals surface area contributed by atoms with E-state index in [9.17, 15) is 0 Å². The van der Waals surface area contributed by atoms with Crippen LogP contribution < -0.4 is 4.90 Å². The molecule has 0 fully saturated rings. The zero-order valence-corrected chi connectivity index (χ0v) is 26.9. The van der Waals surface area contributed by atoms with Gasteiger partial charge in [-0.15, -0.1) is 11.3 Å². The highest BCUT2D eigenvalue weighted by atomic mass is 32.1. The van der Waals surface area contributed by atoms with E-state index >= 15 is 0 Å². The fraction of sp³-hybridized carbons (Fsp3) is 0. The Kier molecular flexibility index (Phi) is 6.12. The third-order valence-electron chi connectivity index (χ3n) is 9.81. The fourth-order valence-corrected chi connectivity index (χ4v) is 8.73. The topological polar surface area (TPSA) is 3.24 Å². The Bertz CT molecular complexity index is 2830. The Morgan fingerprint density at radius 1 is 0.333 bits per heavy atom. The van der Waals surface area contributed by atoms with Crippen LogP contribution in [0.3, 0.4) is 0 Å². The normalized spacial score (nSPS) is 11.8. The van der Waals surface area contributed by atoms with Crippen LogP contribution >= 0.6 is 11.3 Å². The van der Waals surface area contributed by atoms with Gasteiger partial charge in [0.25, 0.3) is 0 Å². The molecule has 0 N–H and O–H groups in total. The van der Waals surface area contributed by atoms with Crippen molar-refractivity contribution in [2.24, 2.45) is 0 Å². The second-order valence-corrected chi connectivity index (χ2v) is 13.6. The zero-order valence-electron chi connectivity index (χ0n) is 26.1. The number of anilines is 3. The Morgan fingerprint density at radius 3 is 1.69 bits per heavy atom. The van der Waals surface area contributed by atoms with Gasteiger partial charge in [-0.05, 0) is 85.2 Å². The van der Waals surface area contributed by atoms with Crippen molar-refractivity contribution in [2.45, 2.75) is 0 Å². The highest BCUT2D eigenvalue weighted by Crippen LogP contribution is 2.47. The summed E-state index contributed by atoms with van der Waals surface area (Å²) in [4.78, 5) is 2.47. The largest absolute Gasteiger partial charge is 0.310 e. The van der Waals surface area contributed by atoms with E-state index in [4.69, 9.17) is 0 Å². The molecule has 0 saturated heterocycles. The van der Waals surface area contributed by atoms with Crippen LogP contribution in [0, 0.1) is 0 Å². The molecular formula is C46H29NS. The molecule has 0 atom stereocenters. The molecule has 0 aliphatic heterocycles. The van der Waals surface area contributed by atoms with Crippen LogP contribution in [-0.4, -0.2) is 0 Å². The molecule has 10 rings (SSSR count). The Balaban J connectivity index is 1.27. The third-order valence-corrected chi connectivity index (χ3v) is 10.9. The average molecular weight is 628 g/mol. The van der Waals surface area contributed by atoms with E-state index in [0.29, 0.717) is 0 Å². The van der Waals surface area contributed by atoms with Crippen LogP contribution in [0.1, 0.15) is 0 Å². The number of hydrogen-bond donors (Lipinski definition) is 0. The maximum absolute atomic E-state index is 2.47.